The number of hydrogen-bond donors (Lipinski definition) is 4. The predicted octanol–water partition coefficient (Wildman–Crippen LogP) is 8.28. The molecule has 0 fully saturated rings. The van der Waals surface area contributed by atoms with E-state index in [-0.39, 0.29) is 5.92 Å². The van der Waals surface area contributed by atoms with Crippen LogP contribution in [0.3, 0.4) is 0 Å². The summed E-state index contributed by atoms with van der Waals surface area (Å²) >= 11 is 5.73. The summed E-state index contributed by atoms with van der Waals surface area (Å²) in [5, 5.41) is 22.2. The first-order valence-electron chi connectivity index (χ1n) is 13.5. The molecule has 3 atom stereocenters. The number of rotatable bonds is 7. The topological polar surface area (TPSA) is 72.0 Å². The van der Waals surface area contributed by atoms with E-state index in [9.17, 15) is 10.2 Å². The smallest absolute Gasteiger partial charge is 0.129 e. The molecule has 208 valence electrons. The van der Waals surface area contributed by atoms with Gasteiger partial charge in [0.1, 0.15) is 20.3 Å². The highest BCUT2D eigenvalue weighted by molar-refractivity contribution is 14.1. The molecule has 5 rings (SSSR count). The zero-order chi connectivity index (χ0) is 29.1. The summed E-state index contributed by atoms with van der Waals surface area (Å²) in [4.78, 5) is 6.99. The molecular formula is C34H32BrIN2O2Si. The number of aliphatic hydroxyl groups is 2. The molecule has 0 saturated carbocycles. The van der Waals surface area contributed by atoms with Gasteiger partial charge in [-0.1, -0.05) is 77.9 Å². The summed E-state index contributed by atoms with van der Waals surface area (Å²) in [6, 6.07) is 31.9. The van der Waals surface area contributed by atoms with E-state index >= 15 is 0 Å². The van der Waals surface area contributed by atoms with E-state index in [1.54, 1.807) is 0 Å². The monoisotopic (exact) mass is 734 g/mol. The van der Waals surface area contributed by atoms with Crippen LogP contribution in [0.15, 0.2) is 102 Å². The largest absolute Gasteiger partial charge is 0.382 e. The highest BCUT2D eigenvalue weighted by atomic mass is 127. The molecule has 4 nitrogen and oxygen atoms in total. The quantitative estimate of drug-likeness (QED) is 0.0773. The second-order valence-electron chi connectivity index (χ2n) is 11.2. The number of H-pyrrole nitrogens is 2. The fourth-order valence-electron chi connectivity index (χ4n) is 4.71. The van der Waals surface area contributed by atoms with Gasteiger partial charge in [-0.05, 0) is 99.9 Å². The number of nitrogens with one attached hydrogen (secondary N) is 2. The number of aromatic amines is 2. The number of halogens is 2. The van der Waals surface area contributed by atoms with Crippen LogP contribution in [0.1, 0.15) is 63.2 Å². The molecule has 0 aliphatic rings. The first-order valence-corrected chi connectivity index (χ1v) is 18.8. The van der Waals surface area contributed by atoms with Crippen molar-refractivity contribution in [3.8, 4) is 11.5 Å². The van der Waals surface area contributed by atoms with Crippen LogP contribution in [-0.4, -0.2) is 28.3 Å². The molecule has 3 unspecified atom stereocenters. The average Bonchev–Trinajstić information content (AvgIpc) is 3.64. The van der Waals surface area contributed by atoms with Crippen molar-refractivity contribution in [3.63, 3.8) is 0 Å². The van der Waals surface area contributed by atoms with Gasteiger partial charge < -0.3 is 20.2 Å². The third-order valence-electron chi connectivity index (χ3n) is 6.87. The van der Waals surface area contributed by atoms with E-state index in [0.29, 0.717) is 0 Å². The average molecular weight is 736 g/mol. The number of benzene rings is 3. The second-order valence-corrected chi connectivity index (χ2v) is 18.1. The molecule has 0 saturated heterocycles. The van der Waals surface area contributed by atoms with Gasteiger partial charge in [-0.3, -0.25) is 0 Å². The lowest BCUT2D eigenvalue weighted by Gasteiger charge is -2.17. The van der Waals surface area contributed by atoms with Gasteiger partial charge in [0, 0.05) is 36.4 Å². The Labute approximate surface area is 264 Å². The summed E-state index contributed by atoms with van der Waals surface area (Å²) in [5.74, 6) is 3.17. The molecule has 2 heterocycles. The van der Waals surface area contributed by atoms with E-state index in [4.69, 9.17) is 0 Å². The van der Waals surface area contributed by atoms with E-state index in [1.807, 2.05) is 72.8 Å². The van der Waals surface area contributed by atoms with Gasteiger partial charge in [0.25, 0.3) is 0 Å². The molecule has 3 aromatic carbocycles. The third-order valence-corrected chi connectivity index (χ3v) is 8.99. The van der Waals surface area contributed by atoms with Crippen LogP contribution in [-0.2, 0) is 0 Å². The van der Waals surface area contributed by atoms with Crippen LogP contribution in [0.25, 0.3) is 0 Å². The van der Waals surface area contributed by atoms with Crippen LogP contribution in [0, 0.1) is 15.0 Å². The van der Waals surface area contributed by atoms with Crippen LogP contribution in [0.5, 0.6) is 0 Å². The Morgan fingerprint density at radius 2 is 1.07 bits per heavy atom. The van der Waals surface area contributed by atoms with Gasteiger partial charge in [0.15, 0.2) is 0 Å². The summed E-state index contributed by atoms with van der Waals surface area (Å²) in [6.45, 7) is 6.72. The normalized spacial score (nSPS) is 13.7. The van der Waals surface area contributed by atoms with Crippen molar-refractivity contribution < 1.29 is 10.2 Å². The minimum absolute atomic E-state index is 0.169. The molecule has 7 heteroatoms. The molecule has 0 spiro atoms. The maximum atomic E-state index is 11.1. The Hall–Kier alpha value is -2.87. The molecule has 2 aromatic heterocycles. The Morgan fingerprint density at radius 3 is 1.56 bits per heavy atom. The first-order chi connectivity index (χ1) is 19.6. The van der Waals surface area contributed by atoms with Gasteiger partial charge in [-0.25, -0.2) is 0 Å². The maximum absolute atomic E-state index is 11.1. The van der Waals surface area contributed by atoms with Gasteiger partial charge in [0.2, 0.25) is 0 Å². The van der Waals surface area contributed by atoms with Crippen molar-refractivity contribution >= 4 is 46.6 Å². The van der Waals surface area contributed by atoms with Gasteiger partial charge in [-0.15, -0.1) is 5.54 Å². The Kier molecular flexibility index (Phi) is 9.07. The molecule has 0 aliphatic carbocycles. The predicted molar refractivity (Wildman–Crippen MR) is 181 cm³/mol. The molecule has 4 N–H and O–H groups in total. The van der Waals surface area contributed by atoms with Gasteiger partial charge in [-0.2, -0.15) is 0 Å². The molecule has 41 heavy (non-hydrogen) atoms. The molecule has 5 aromatic rings. The zero-order valence-electron chi connectivity index (χ0n) is 23.1. The van der Waals surface area contributed by atoms with Gasteiger partial charge >= 0.3 is 0 Å². The van der Waals surface area contributed by atoms with E-state index in [0.717, 1.165) is 53.1 Å². The molecule has 0 aliphatic heterocycles. The van der Waals surface area contributed by atoms with E-state index in [1.165, 1.54) is 0 Å². The lowest BCUT2D eigenvalue weighted by Crippen LogP contribution is -2.16. The highest BCUT2D eigenvalue weighted by Gasteiger charge is 2.23. The standard InChI is InChI=1S/C34H32BrIN2O2Si/c1-41(2,3)21-20-22-4-6-23(7-5-22)32(28-16-18-30(37-28)33(39)24-8-12-26(35)13-9-24)29-17-19-31(38-29)34(40)25-10-14-27(36)15-11-25/h4-19,32-34,37-40H,1-3H3. The molecule has 0 bridgehead atoms. The SMILES string of the molecule is C[Si](C)(C)C#Cc1ccc(C(c2ccc(C(O)c3ccc(Br)cc3)[nH]2)c2ccc(C(O)c3ccc(I)cc3)[nH]2)cc1. The van der Waals surface area contributed by atoms with Crippen LogP contribution in [0.2, 0.25) is 19.6 Å². The fourth-order valence-corrected chi connectivity index (χ4v) is 5.85. The van der Waals surface area contributed by atoms with Crippen LogP contribution >= 0.6 is 38.5 Å². The minimum atomic E-state index is -1.48. The summed E-state index contributed by atoms with van der Waals surface area (Å²) in [6.07, 6.45) is -1.54. The number of aliphatic hydroxyl groups excluding tert-OH is 2. The summed E-state index contributed by atoms with van der Waals surface area (Å²) in [7, 11) is -1.48. The Morgan fingerprint density at radius 1 is 0.634 bits per heavy atom. The van der Waals surface area contributed by atoms with Crippen molar-refractivity contribution in [3.05, 3.63) is 150 Å². The second kappa shape index (κ2) is 12.6. The Bertz CT molecular complexity index is 1580. The number of aromatic nitrogens is 2. The van der Waals surface area contributed by atoms with Crippen molar-refractivity contribution in [1.29, 1.82) is 0 Å². The van der Waals surface area contributed by atoms with Crippen molar-refractivity contribution in [2.45, 2.75) is 37.8 Å². The fraction of sp³-hybridized carbons (Fsp3) is 0.176. The lowest BCUT2D eigenvalue weighted by atomic mass is 9.92. The zero-order valence-corrected chi connectivity index (χ0v) is 27.9. The van der Waals surface area contributed by atoms with Crippen molar-refractivity contribution in [1.82, 2.24) is 9.97 Å². The maximum Gasteiger partial charge on any atom is 0.129 e. The van der Waals surface area contributed by atoms with E-state index in [2.05, 4.69) is 104 Å². The summed E-state index contributed by atoms with van der Waals surface area (Å²) < 4.78 is 2.09. The van der Waals surface area contributed by atoms with Crippen LogP contribution in [0.4, 0.5) is 0 Å². The molecule has 0 radical (unpaired) electrons. The summed E-state index contributed by atoms with van der Waals surface area (Å²) in [5.41, 5.74) is 10.5. The Balaban J connectivity index is 1.51. The number of hydrogen-bond acceptors (Lipinski definition) is 2. The van der Waals surface area contributed by atoms with Gasteiger partial charge in [0.05, 0.1) is 5.92 Å². The molecular weight excluding hydrogens is 703 g/mol. The first kappa shape index (κ1) is 29.6. The third kappa shape index (κ3) is 7.32. The highest BCUT2D eigenvalue weighted by Crippen LogP contribution is 2.34. The minimum Gasteiger partial charge on any atom is -0.382 e. The molecule has 0 amide bonds. The van der Waals surface area contributed by atoms with E-state index < -0.39 is 20.3 Å². The lowest BCUT2D eigenvalue weighted by molar-refractivity contribution is 0.216. The van der Waals surface area contributed by atoms with Crippen LogP contribution < -0.4 is 0 Å². The van der Waals surface area contributed by atoms with Crippen molar-refractivity contribution in [2.24, 2.45) is 0 Å². The van der Waals surface area contributed by atoms with Crippen molar-refractivity contribution in [2.75, 3.05) is 0 Å².